The molecule has 1 aromatic rings. The molecule has 8 heteroatoms. The molecule has 148 valence electrons. The third-order valence-corrected chi connectivity index (χ3v) is 4.63. The molecular formula is C19H28N4O4. The van der Waals surface area contributed by atoms with Crippen molar-refractivity contribution in [1.82, 2.24) is 15.2 Å². The van der Waals surface area contributed by atoms with Crippen molar-refractivity contribution in [1.29, 1.82) is 0 Å². The van der Waals surface area contributed by atoms with E-state index in [-0.39, 0.29) is 24.0 Å². The van der Waals surface area contributed by atoms with Crippen LogP contribution in [0.2, 0.25) is 0 Å². The van der Waals surface area contributed by atoms with Gasteiger partial charge in [-0.3, -0.25) is 9.78 Å². The Morgan fingerprint density at radius 1 is 1.37 bits per heavy atom. The number of carbonyl (C=O) groups excluding carboxylic acids is 2. The highest BCUT2D eigenvalue weighted by molar-refractivity contribution is 6.17. The van der Waals surface area contributed by atoms with Crippen molar-refractivity contribution in [3.63, 3.8) is 0 Å². The number of esters is 1. The molecule has 0 saturated heterocycles. The second-order valence-electron chi connectivity index (χ2n) is 7.33. The molecule has 8 nitrogen and oxygen atoms in total. The summed E-state index contributed by atoms with van der Waals surface area (Å²) in [5.74, 6) is -0.424. The Balaban J connectivity index is 2.38. The van der Waals surface area contributed by atoms with Gasteiger partial charge in [-0.2, -0.15) is 0 Å². The first-order valence-corrected chi connectivity index (χ1v) is 8.90. The molecule has 0 saturated carbocycles. The van der Waals surface area contributed by atoms with Crippen LogP contribution in [0.3, 0.4) is 0 Å². The van der Waals surface area contributed by atoms with E-state index in [1.54, 1.807) is 26.3 Å². The molecule has 1 atom stereocenters. The zero-order chi connectivity index (χ0) is 20.2. The SMILES string of the molecule is COCc1cnc(C2=NC(C)(C(C)C)C(=O)N2)c(C(=O)OCCN(C)C)c1. The molecular weight excluding hydrogens is 348 g/mol. The van der Waals surface area contributed by atoms with Gasteiger partial charge in [-0.15, -0.1) is 0 Å². The number of methoxy groups -OCH3 is 1. The van der Waals surface area contributed by atoms with Crippen molar-refractivity contribution < 1.29 is 19.1 Å². The summed E-state index contributed by atoms with van der Waals surface area (Å²) in [7, 11) is 5.36. The van der Waals surface area contributed by atoms with E-state index >= 15 is 0 Å². The maximum absolute atomic E-state index is 12.6. The van der Waals surface area contributed by atoms with Crippen molar-refractivity contribution in [2.75, 3.05) is 34.4 Å². The number of aromatic nitrogens is 1. The lowest BCUT2D eigenvalue weighted by molar-refractivity contribution is -0.124. The van der Waals surface area contributed by atoms with E-state index in [2.05, 4.69) is 15.3 Å². The van der Waals surface area contributed by atoms with Crippen molar-refractivity contribution in [3.05, 3.63) is 29.1 Å². The summed E-state index contributed by atoms with van der Waals surface area (Å²) in [6.45, 7) is 6.80. The standard InChI is InChI=1S/C19H28N4O4/c1-12(2)19(3)18(25)21-16(22-19)15-14(9-13(10-20-15)11-26-6)17(24)27-8-7-23(4)5/h9-10,12H,7-8,11H2,1-6H3,(H,21,22,25). The van der Waals surface area contributed by atoms with Gasteiger partial charge in [0, 0.05) is 19.9 Å². The lowest BCUT2D eigenvalue weighted by Gasteiger charge is -2.21. The lowest BCUT2D eigenvalue weighted by Crippen LogP contribution is -2.41. The number of rotatable bonds is 8. The number of ether oxygens (including phenoxy) is 2. The van der Waals surface area contributed by atoms with Crippen LogP contribution in [0.15, 0.2) is 17.3 Å². The molecule has 2 rings (SSSR count). The largest absolute Gasteiger partial charge is 0.461 e. The summed E-state index contributed by atoms with van der Waals surface area (Å²) in [6.07, 6.45) is 1.61. The Morgan fingerprint density at radius 2 is 2.07 bits per heavy atom. The molecule has 0 aliphatic carbocycles. The highest BCUT2D eigenvalue weighted by atomic mass is 16.5. The molecule has 1 aliphatic rings. The highest BCUT2D eigenvalue weighted by Gasteiger charge is 2.43. The van der Waals surface area contributed by atoms with E-state index in [1.807, 2.05) is 32.8 Å². The zero-order valence-electron chi connectivity index (χ0n) is 16.8. The number of hydrogen-bond acceptors (Lipinski definition) is 7. The summed E-state index contributed by atoms with van der Waals surface area (Å²) in [4.78, 5) is 35.9. The average Bonchev–Trinajstić information content (AvgIpc) is 2.91. The number of hydrogen-bond donors (Lipinski definition) is 1. The van der Waals surface area contributed by atoms with Gasteiger partial charge in [0.25, 0.3) is 5.91 Å². The van der Waals surface area contributed by atoms with Gasteiger partial charge >= 0.3 is 5.97 Å². The summed E-state index contributed by atoms with van der Waals surface area (Å²) in [5, 5.41) is 2.76. The smallest absolute Gasteiger partial charge is 0.340 e. The minimum atomic E-state index is -0.895. The third-order valence-electron chi connectivity index (χ3n) is 4.63. The zero-order valence-corrected chi connectivity index (χ0v) is 16.8. The van der Waals surface area contributed by atoms with Gasteiger partial charge in [0.1, 0.15) is 17.8 Å². The predicted molar refractivity (Wildman–Crippen MR) is 102 cm³/mol. The average molecular weight is 376 g/mol. The van der Waals surface area contributed by atoms with Crippen LogP contribution in [0.5, 0.6) is 0 Å². The Morgan fingerprint density at radius 3 is 2.63 bits per heavy atom. The van der Waals surface area contributed by atoms with Crippen LogP contribution in [0.4, 0.5) is 0 Å². The quantitative estimate of drug-likeness (QED) is 0.686. The predicted octanol–water partition coefficient (Wildman–Crippen LogP) is 1.24. The van der Waals surface area contributed by atoms with Crippen molar-refractivity contribution in [2.45, 2.75) is 32.9 Å². The Kier molecular flexibility index (Phi) is 6.67. The molecule has 1 N–H and O–H groups in total. The van der Waals surface area contributed by atoms with Gasteiger partial charge in [0.2, 0.25) is 0 Å². The number of likely N-dealkylation sites (N-methyl/N-ethyl adjacent to an activating group) is 1. The van der Waals surface area contributed by atoms with E-state index < -0.39 is 11.5 Å². The van der Waals surface area contributed by atoms with Gasteiger partial charge in [-0.25, -0.2) is 9.79 Å². The van der Waals surface area contributed by atoms with E-state index in [0.717, 1.165) is 5.56 Å². The molecule has 2 heterocycles. The van der Waals surface area contributed by atoms with E-state index in [4.69, 9.17) is 9.47 Å². The first-order valence-electron chi connectivity index (χ1n) is 8.90. The van der Waals surface area contributed by atoms with Crippen LogP contribution in [-0.4, -0.2) is 67.5 Å². The topological polar surface area (TPSA) is 93.1 Å². The molecule has 0 bridgehead atoms. The van der Waals surface area contributed by atoms with Crippen molar-refractivity contribution in [2.24, 2.45) is 10.9 Å². The van der Waals surface area contributed by atoms with E-state index in [0.29, 0.717) is 24.7 Å². The van der Waals surface area contributed by atoms with Gasteiger partial charge < -0.3 is 19.7 Å². The minimum Gasteiger partial charge on any atom is -0.461 e. The fraction of sp³-hybridized carbons (Fsp3) is 0.579. The maximum atomic E-state index is 12.6. The number of nitrogens with one attached hydrogen (secondary N) is 1. The fourth-order valence-electron chi connectivity index (χ4n) is 2.55. The van der Waals surface area contributed by atoms with Crippen LogP contribution in [0.1, 0.15) is 42.4 Å². The Hall–Kier alpha value is -2.32. The first kappa shape index (κ1) is 21.0. The van der Waals surface area contributed by atoms with Crippen LogP contribution < -0.4 is 5.32 Å². The van der Waals surface area contributed by atoms with Gasteiger partial charge in [-0.1, -0.05) is 13.8 Å². The third kappa shape index (κ3) is 4.70. The van der Waals surface area contributed by atoms with Crippen LogP contribution in [-0.2, 0) is 20.9 Å². The Bertz CT molecular complexity index is 745. The minimum absolute atomic E-state index is 0.00161. The van der Waals surface area contributed by atoms with Crippen molar-refractivity contribution >= 4 is 17.7 Å². The second-order valence-corrected chi connectivity index (χ2v) is 7.33. The number of amides is 1. The highest BCUT2D eigenvalue weighted by Crippen LogP contribution is 2.27. The molecule has 1 amide bonds. The number of aliphatic imine (C=N–C) groups is 1. The number of nitrogens with zero attached hydrogens (tertiary/aromatic N) is 3. The lowest BCUT2D eigenvalue weighted by atomic mass is 9.89. The van der Waals surface area contributed by atoms with E-state index in [1.165, 1.54) is 0 Å². The van der Waals surface area contributed by atoms with E-state index in [9.17, 15) is 9.59 Å². The Labute approximate surface area is 160 Å². The molecule has 27 heavy (non-hydrogen) atoms. The molecule has 0 fully saturated rings. The molecule has 0 radical (unpaired) electrons. The van der Waals surface area contributed by atoms with Crippen LogP contribution in [0.25, 0.3) is 0 Å². The fourth-order valence-corrected chi connectivity index (χ4v) is 2.55. The summed E-state index contributed by atoms with van der Waals surface area (Å²) in [5.41, 5.74) is 0.407. The monoisotopic (exact) mass is 376 g/mol. The summed E-state index contributed by atoms with van der Waals surface area (Å²) in [6, 6.07) is 1.67. The van der Waals surface area contributed by atoms with Gasteiger partial charge in [-0.05, 0) is 38.6 Å². The maximum Gasteiger partial charge on any atom is 0.340 e. The van der Waals surface area contributed by atoms with Gasteiger partial charge in [0.15, 0.2) is 5.84 Å². The van der Waals surface area contributed by atoms with Crippen LogP contribution >= 0.6 is 0 Å². The van der Waals surface area contributed by atoms with Gasteiger partial charge in [0.05, 0.1) is 12.2 Å². The number of pyridine rings is 1. The number of amidine groups is 1. The molecule has 0 spiro atoms. The first-order chi connectivity index (χ1) is 12.7. The summed E-state index contributed by atoms with van der Waals surface area (Å²) >= 11 is 0. The molecule has 0 aromatic carbocycles. The molecule has 1 aromatic heterocycles. The normalized spacial score (nSPS) is 19.4. The van der Waals surface area contributed by atoms with Crippen LogP contribution in [0, 0.1) is 5.92 Å². The summed E-state index contributed by atoms with van der Waals surface area (Å²) < 4.78 is 10.5. The molecule has 1 unspecified atom stereocenters. The number of carbonyl (C=O) groups is 2. The second kappa shape index (κ2) is 8.58. The van der Waals surface area contributed by atoms with Crippen molar-refractivity contribution in [3.8, 4) is 0 Å². The molecule has 1 aliphatic heterocycles.